The van der Waals surface area contributed by atoms with Crippen LogP contribution in [0.1, 0.15) is 24.3 Å². The molecule has 1 amide bonds. The molecule has 0 spiro atoms. The average molecular weight is 366 g/mol. The average Bonchev–Trinajstić information content (AvgIpc) is 3.05. The van der Waals surface area contributed by atoms with E-state index in [1.807, 2.05) is 23.1 Å². The molecule has 0 saturated carbocycles. The van der Waals surface area contributed by atoms with Crippen molar-refractivity contribution in [2.75, 3.05) is 32.7 Å². The fourth-order valence-electron chi connectivity index (χ4n) is 3.98. The SMILES string of the molecule is NC[C@@H]1CN(C(=O)C2CCN(S(N)(=O)=O)CC2)C[C@H]1c1ccccc1. The molecule has 0 unspecified atom stereocenters. The number of amides is 1. The lowest BCUT2D eigenvalue weighted by Crippen LogP contribution is -2.46. The summed E-state index contributed by atoms with van der Waals surface area (Å²) in [6, 6.07) is 10.2. The van der Waals surface area contributed by atoms with E-state index in [2.05, 4.69) is 12.1 Å². The zero-order valence-electron chi connectivity index (χ0n) is 14.3. The number of carbonyl (C=O) groups excluding carboxylic acids is 1. The van der Waals surface area contributed by atoms with Crippen molar-refractivity contribution >= 4 is 16.1 Å². The van der Waals surface area contributed by atoms with Crippen molar-refractivity contribution in [2.45, 2.75) is 18.8 Å². The Hall–Kier alpha value is -1.48. The number of piperidine rings is 1. The molecule has 2 heterocycles. The van der Waals surface area contributed by atoms with E-state index in [-0.39, 0.29) is 23.7 Å². The molecule has 8 heteroatoms. The van der Waals surface area contributed by atoms with Gasteiger partial charge in [-0.25, -0.2) is 5.14 Å². The number of carbonyl (C=O) groups is 1. The van der Waals surface area contributed by atoms with E-state index in [9.17, 15) is 13.2 Å². The fourth-order valence-corrected chi connectivity index (χ4v) is 4.70. The molecule has 7 nitrogen and oxygen atoms in total. The topological polar surface area (TPSA) is 110 Å². The number of nitrogens with two attached hydrogens (primary N) is 2. The van der Waals surface area contributed by atoms with Gasteiger partial charge in [0.25, 0.3) is 10.2 Å². The van der Waals surface area contributed by atoms with Gasteiger partial charge in [-0.3, -0.25) is 4.79 Å². The number of hydrogen-bond donors (Lipinski definition) is 2. The van der Waals surface area contributed by atoms with Crippen LogP contribution in [0.3, 0.4) is 0 Å². The Morgan fingerprint density at radius 3 is 2.32 bits per heavy atom. The minimum Gasteiger partial charge on any atom is -0.341 e. The van der Waals surface area contributed by atoms with Gasteiger partial charge in [0, 0.05) is 38.0 Å². The molecule has 2 atom stereocenters. The molecule has 25 heavy (non-hydrogen) atoms. The zero-order valence-corrected chi connectivity index (χ0v) is 15.1. The number of rotatable bonds is 4. The van der Waals surface area contributed by atoms with Crippen LogP contribution in [-0.2, 0) is 15.0 Å². The molecular weight excluding hydrogens is 340 g/mol. The molecular formula is C17H26N4O3S. The molecule has 0 bridgehead atoms. The standard InChI is InChI=1S/C17H26N4O3S/c18-10-15-11-20(12-16(15)13-4-2-1-3-5-13)17(22)14-6-8-21(9-7-14)25(19,23)24/h1-5,14-16H,6-12,18H2,(H2,19,23,24)/t15-,16+/m1/s1. The van der Waals surface area contributed by atoms with Crippen LogP contribution in [-0.4, -0.2) is 56.3 Å². The summed E-state index contributed by atoms with van der Waals surface area (Å²) in [5.41, 5.74) is 7.16. The van der Waals surface area contributed by atoms with E-state index in [0.717, 1.165) is 0 Å². The van der Waals surface area contributed by atoms with Gasteiger partial charge in [0.2, 0.25) is 5.91 Å². The van der Waals surface area contributed by atoms with Crippen molar-refractivity contribution in [2.24, 2.45) is 22.7 Å². The third kappa shape index (κ3) is 4.03. The predicted octanol–water partition coefficient (Wildman–Crippen LogP) is 0.103. The van der Waals surface area contributed by atoms with Gasteiger partial charge >= 0.3 is 0 Å². The maximum atomic E-state index is 12.9. The van der Waals surface area contributed by atoms with Gasteiger partial charge in [-0.15, -0.1) is 0 Å². The van der Waals surface area contributed by atoms with Crippen molar-refractivity contribution in [1.29, 1.82) is 0 Å². The summed E-state index contributed by atoms with van der Waals surface area (Å²) in [5, 5.41) is 5.16. The first kappa shape index (κ1) is 18.3. The lowest BCUT2D eigenvalue weighted by Gasteiger charge is -2.31. The molecule has 0 aliphatic carbocycles. The highest BCUT2D eigenvalue weighted by molar-refractivity contribution is 7.86. The smallest absolute Gasteiger partial charge is 0.276 e. The quantitative estimate of drug-likeness (QED) is 0.787. The van der Waals surface area contributed by atoms with E-state index in [0.29, 0.717) is 45.6 Å². The molecule has 4 N–H and O–H groups in total. The van der Waals surface area contributed by atoms with Crippen LogP contribution in [0.4, 0.5) is 0 Å². The second kappa shape index (κ2) is 7.41. The van der Waals surface area contributed by atoms with Crippen LogP contribution in [0.5, 0.6) is 0 Å². The Labute approximate surface area is 149 Å². The van der Waals surface area contributed by atoms with Crippen LogP contribution < -0.4 is 10.9 Å². The normalized spacial score (nSPS) is 26.1. The Morgan fingerprint density at radius 1 is 1.12 bits per heavy atom. The molecule has 2 saturated heterocycles. The summed E-state index contributed by atoms with van der Waals surface area (Å²) in [6.45, 7) is 2.52. The maximum absolute atomic E-state index is 12.9. The van der Waals surface area contributed by atoms with Crippen molar-refractivity contribution in [3.05, 3.63) is 35.9 Å². The Kier molecular flexibility index (Phi) is 5.43. The summed E-state index contributed by atoms with van der Waals surface area (Å²) >= 11 is 0. The first-order chi connectivity index (χ1) is 11.9. The van der Waals surface area contributed by atoms with Gasteiger partial charge in [-0.2, -0.15) is 12.7 Å². The third-order valence-corrected chi connectivity index (χ3v) is 6.53. The number of hydrogen-bond acceptors (Lipinski definition) is 4. The molecule has 3 rings (SSSR count). The highest BCUT2D eigenvalue weighted by Gasteiger charge is 2.39. The summed E-state index contributed by atoms with van der Waals surface area (Å²) in [6.07, 6.45) is 1.05. The highest BCUT2D eigenvalue weighted by atomic mass is 32.2. The van der Waals surface area contributed by atoms with Crippen LogP contribution >= 0.6 is 0 Å². The number of likely N-dealkylation sites (tertiary alicyclic amines) is 1. The van der Waals surface area contributed by atoms with E-state index < -0.39 is 10.2 Å². The summed E-state index contributed by atoms with van der Waals surface area (Å²) in [5.74, 6) is 0.507. The molecule has 0 radical (unpaired) electrons. The van der Waals surface area contributed by atoms with Crippen molar-refractivity contribution < 1.29 is 13.2 Å². The van der Waals surface area contributed by atoms with Gasteiger partial charge in [0.1, 0.15) is 0 Å². The summed E-state index contributed by atoms with van der Waals surface area (Å²) in [7, 11) is -3.66. The van der Waals surface area contributed by atoms with Crippen LogP contribution in [0.2, 0.25) is 0 Å². The molecule has 2 aliphatic heterocycles. The van der Waals surface area contributed by atoms with E-state index in [4.69, 9.17) is 10.9 Å². The van der Waals surface area contributed by atoms with Crippen LogP contribution in [0.15, 0.2) is 30.3 Å². The first-order valence-electron chi connectivity index (χ1n) is 8.72. The van der Waals surface area contributed by atoms with Crippen molar-refractivity contribution in [1.82, 2.24) is 9.21 Å². The maximum Gasteiger partial charge on any atom is 0.276 e. The Morgan fingerprint density at radius 2 is 1.76 bits per heavy atom. The largest absolute Gasteiger partial charge is 0.341 e. The lowest BCUT2D eigenvalue weighted by atomic mass is 9.89. The third-order valence-electron chi connectivity index (χ3n) is 5.45. The van der Waals surface area contributed by atoms with E-state index in [1.165, 1.54) is 9.87 Å². The second-order valence-corrected chi connectivity index (χ2v) is 8.52. The molecule has 1 aromatic rings. The van der Waals surface area contributed by atoms with Gasteiger partial charge < -0.3 is 10.6 Å². The van der Waals surface area contributed by atoms with Crippen LogP contribution in [0.25, 0.3) is 0 Å². The van der Waals surface area contributed by atoms with E-state index >= 15 is 0 Å². The predicted molar refractivity (Wildman–Crippen MR) is 95.7 cm³/mol. The molecule has 0 aromatic heterocycles. The Balaban J connectivity index is 1.64. The Bertz CT molecular complexity index is 702. The number of benzene rings is 1. The summed E-state index contributed by atoms with van der Waals surface area (Å²) in [4.78, 5) is 14.8. The zero-order chi connectivity index (χ0) is 18.0. The van der Waals surface area contributed by atoms with E-state index in [1.54, 1.807) is 0 Å². The minimum atomic E-state index is -3.66. The highest BCUT2D eigenvalue weighted by Crippen LogP contribution is 2.34. The number of nitrogens with zero attached hydrogens (tertiary/aromatic N) is 2. The molecule has 138 valence electrons. The monoisotopic (exact) mass is 366 g/mol. The van der Waals surface area contributed by atoms with Gasteiger partial charge in [-0.05, 0) is 30.9 Å². The summed E-state index contributed by atoms with van der Waals surface area (Å²) < 4.78 is 24.0. The van der Waals surface area contributed by atoms with Gasteiger partial charge in [-0.1, -0.05) is 30.3 Å². The molecule has 2 fully saturated rings. The second-order valence-electron chi connectivity index (χ2n) is 6.97. The molecule has 2 aliphatic rings. The van der Waals surface area contributed by atoms with Crippen LogP contribution in [0, 0.1) is 11.8 Å². The fraction of sp³-hybridized carbons (Fsp3) is 0.588. The first-order valence-corrected chi connectivity index (χ1v) is 10.2. The minimum absolute atomic E-state index is 0.117. The van der Waals surface area contributed by atoms with Gasteiger partial charge in [0.05, 0.1) is 0 Å². The van der Waals surface area contributed by atoms with Crippen molar-refractivity contribution in [3.63, 3.8) is 0 Å². The van der Waals surface area contributed by atoms with Crippen molar-refractivity contribution in [3.8, 4) is 0 Å². The van der Waals surface area contributed by atoms with Gasteiger partial charge in [0.15, 0.2) is 0 Å². The molecule has 1 aromatic carbocycles. The lowest BCUT2D eigenvalue weighted by molar-refractivity contribution is -0.135.